The number of rotatable bonds is 5. The van der Waals surface area contributed by atoms with E-state index < -0.39 is 5.54 Å². The van der Waals surface area contributed by atoms with Gasteiger partial charge in [-0.2, -0.15) is 0 Å². The van der Waals surface area contributed by atoms with Crippen molar-refractivity contribution in [2.75, 3.05) is 6.61 Å². The largest absolute Gasteiger partial charge is 0.394 e. The Balaban J connectivity index is 2.68. The summed E-state index contributed by atoms with van der Waals surface area (Å²) in [6.45, 7) is 3.67. The molecule has 0 bridgehead atoms. The Hall–Kier alpha value is -1.13. The van der Waals surface area contributed by atoms with E-state index in [-0.39, 0.29) is 12.5 Å². The summed E-state index contributed by atoms with van der Waals surface area (Å²) in [5.41, 5.74) is 0.380. The van der Waals surface area contributed by atoms with Crippen LogP contribution in [-0.2, 0) is 4.79 Å². The molecule has 1 amide bonds. The molecule has 0 fully saturated rings. The molecule has 0 spiro atoms. The van der Waals surface area contributed by atoms with Gasteiger partial charge in [0.2, 0.25) is 5.91 Å². The average Bonchev–Trinajstić information content (AvgIpc) is 2.37. The van der Waals surface area contributed by atoms with Crippen molar-refractivity contribution in [3.05, 3.63) is 40.4 Å². The van der Waals surface area contributed by atoms with Crippen molar-refractivity contribution in [2.45, 2.75) is 25.8 Å². The molecular formula is C14H18BrNO2. The molecule has 3 nitrogen and oxygen atoms in total. The standard InChI is InChI=1S/C14H18BrNO2/c1-3-14(2,10-17)16-13(18)9-8-11-6-4-5-7-12(11)15/h4-9,17H,3,10H2,1-2H3,(H,16,18). The lowest BCUT2D eigenvalue weighted by atomic mass is 10.0. The Morgan fingerprint density at radius 3 is 2.72 bits per heavy atom. The molecule has 2 N–H and O–H groups in total. The molecule has 1 aromatic carbocycles. The van der Waals surface area contributed by atoms with Crippen LogP contribution in [0.25, 0.3) is 6.08 Å². The Morgan fingerprint density at radius 2 is 2.17 bits per heavy atom. The van der Waals surface area contributed by atoms with Gasteiger partial charge in [0.1, 0.15) is 0 Å². The van der Waals surface area contributed by atoms with E-state index in [1.54, 1.807) is 6.08 Å². The van der Waals surface area contributed by atoms with Gasteiger partial charge in [0.15, 0.2) is 0 Å². The zero-order valence-electron chi connectivity index (χ0n) is 10.6. The molecule has 0 aromatic heterocycles. The van der Waals surface area contributed by atoms with Gasteiger partial charge in [-0.05, 0) is 31.1 Å². The van der Waals surface area contributed by atoms with Crippen LogP contribution in [0.4, 0.5) is 0 Å². The normalized spacial score (nSPS) is 14.4. The molecule has 1 rings (SSSR count). The molecule has 18 heavy (non-hydrogen) atoms. The van der Waals surface area contributed by atoms with Crippen molar-refractivity contribution in [3.63, 3.8) is 0 Å². The minimum Gasteiger partial charge on any atom is -0.394 e. The van der Waals surface area contributed by atoms with Gasteiger partial charge >= 0.3 is 0 Å². The van der Waals surface area contributed by atoms with Crippen LogP contribution in [0.2, 0.25) is 0 Å². The van der Waals surface area contributed by atoms with Crippen LogP contribution in [0.3, 0.4) is 0 Å². The first-order valence-corrected chi connectivity index (χ1v) is 6.65. The Morgan fingerprint density at radius 1 is 1.50 bits per heavy atom. The molecule has 98 valence electrons. The zero-order chi connectivity index (χ0) is 13.6. The Kier molecular flexibility index (Phi) is 5.56. The summed E-state index contributed by atoms with van der Waals surface area (Å²) in [7, 11) is 0. The van der Waals surface area contributed by atoms with Crippen LogP contribution in [0.1, 0.15) is 25.8 Å². The first kappa shape index (κ1) is 14.9. The molecule has 1 aromatic rings. The number of benzene rings is 1. The van der Waals surface area contributed by atoms with Crippen molar-refractivity contribution >= 4 is 27.9 Å². The SMILES string of the molecule is CCC(C)(CO)NC(=O)C=Cc1ccccc1Br. The first-order valence-electron chi connectivity index (χ1n) is 5.86. The molecule has 0 aliphatic carbocycles. The third kappa shape index (κ3) is 4.27. The van der Waals surface area contributed by atoms with Crippen molar-refractivity contribution < 1.29 is 9.90 Å². The van der Waals surface area contributed by atoms with Crippen LogP contribution in [-0.4, -0.2) is 23.2 Å². The van der Waals surface area contributed by atoms with Gasteiger partial charge in [-0.1, -0.05) is 41.1 Å². The molecule has 0 saturated heterocycles. The fourth-order valence-electron chi connectivity index (χ4n) is 1.35. The molecule has 0 saturated carbocycles. The molecule has 0 aliphatic rings. The number of amides is 1. The van der Waals surface area contributed by atoms with Crippen LogP contribution in [0.5, 0.6) is 0 Å². The summed E-state index contributed by atoms with van der Waals surface area (Å²) >= 11 is 3.41. The predicted octanol–water partition coefficient (Wildman–Crippen LogP) is 2.74. The number of aliphatic hydroxyl groups is 1. The summed E-state index contributed by atoms with van der Waals surface area (Å²) in [5.74, 6) is -0.204. The van der Waals surface area contributed by atoms with E-state index in [2.05, 4.69) is 21.2 Å². The maximum absolute atomic E-state index is 11.7. The van der Waals surface area contributed by atoms with E-state index in [4.69, 9.17) is 0 Å². The summed E-state index contributed by atoms with van der Waals surface area (Å²) in [6, 6.07) is 7.66. The number of hydrogen-bond acceptors (Lipinski definition) is 2. The number of nitrogens with one attached hydrogen (secondary N) is 1. The lowest BCUT2D eigenvalue weighted by Crippen LogP contribution is -2.47. The van der Waals surface area contributed by atoms with Crippen molar-refractivity contribution in [1.82, 2.24) is 5.32 Å². The maximum Gasteiger partial charge on any atom is 0.244 e. The second kappa shape index (κ2) is 6.71. The van der Waals surface area contributed by atoms with Crippen LogP contribution in [0.15, 0.2) is 34.8 Å². The number of hydrogen-bond donors (Lipinski definition) is 2. The van der Waals surface area contributed by atoms with Gasteiger partial charge in [0.25, 0.3) is 0 Å². The second-order valence-electron chi connectivity index (χ2n) is 4.42. The number of carbonyl (C=O) groups excluding carboxylic acids is 1. The Labute approximate surface area is 116 Å². The predicted molar refractivity (Wildman–Crippen MR) is 77.1 cm³/mol. The first-order chi connectivity index (χ1) is 8.50. The highest BCUT2D eigenvalue weighted by Gasteiger charge is 2.21. The van der Waals surface area contributed by atoms with Gasteiger partial charge < -0.3 is 10.4 Å². The number of halogens is 1. The summed E-state index contributed by atoms with van der Waals surface area (Å²) in [4.78, 5) is 11.7. The minimum atomic E-state index is -0.560. The second-order valence-corrected chi connectivity index (χ2v) is 5.27. The zero-order valence-corrected chi connectivity index (χ0v) is 12.2. The third-order valence-electron chi connectivity index (χ3n) is 2.87. The monoisotopic (exact) mass is 311 g/mol. The molecule has 4 heteroatoms. The summed E-state index contributed by atoms with van der Waals surface area (Å²) < 4.78 is 0.939. The van der Waals surface area contributed by atoms with E-state index in [9.17, 15) is 9.90 Å². The average molecular weight is 312 g/mol. The van der Waals surface area contributed by atoms with E-state index in [1.165, 1.54) is 6.08 Å². The fraction of sp³-hybridized carbons (Fsp3) is 0.357. The molecule has 1 unspecified atom stereocenters. The van der Waals surface area contributed by atoms with Crippen LogP contribution in [0, 0.1) is 0 Å². The topological polar surface area (TPSA) is 49.3 Å². The molecule has 0 aliphatic heterocycles. The smallest absolute Gasteiger partial charge is 0.244 e. The van der Waals surface area contributed by atoms with Crippen LogP contribution < -0.4 is 5.32 Å². The van der Waals surface area contributed by atoms with E-state index >= 15 is 0 Å². The third-order valence-corrected chi connectivity index (χ3v) is 3.60. The highest BCUT2D eigenvalue weighted by atomic mass is 79.9. The summed E-state index contributed by atoms with van der Waals surface area (Å²) in [5, 5.41) is 12.0. The highest BCUT2D eigenvalue weighted by molar-refractivity contribution is 9.10. The van der Waals surface area contributed by atoms with Crippen molar-refractivity contribution in [2.24, 2.45) is 0 Å². The molecule has 0 heterocycles. The van der Waals surface area contributed by atoms with E-state index in [0.717, 1.165) is 10.0 Å². The highest BCUT2D eigenvalue weighted by Crippen LogP contribution is 2.17. The Bertz CT molecular complexity index is 439. The number of carbonyl (C=O) groups is 1. The molecular weight excluding hydrogens is 294 g/mol. The molecule has 1 atom stereocenters. The summed E-state index contributed by atoms with van der Waals surface area (Å²) in [6.07, 6.45) is 3.90. The number of aliphatic hydroxyl groups excluding tert-OH is 1. The maximum atomic E-state index is 11.7. The quantitative estimate of drug-likeness (QED) is 0.821. The van der Waals surface area contributed by atoms with Crippen LogP contribution >= 0.6 is 15.9 Å². The minimum absolute atomic E-state index is 0.0713. The van der Waals surface area contributed by atoms with E-state index in [1.807, 2.05) is 38.1 Å². The fourth-order valence-corrected chi connectivity index (χ4v) is 1.77. The lowest BCUT2D eigenvalue weighted by molar-refractivity contribution is -0.118. The molecule has 0 radical (unpaired) electrons. The van der Waals surface area contributed by atoms with Gasteiger partial charge in [0, 0.05) is 10.5 Å². The van der Waals surface area contributed by atoms with E-state index in [0.29, 0.717) is 6.42 Å². The lowest BCUT2D eigenvalue weighted by Gasteiger charge is -2.26. The van der Waals surface area contributed by atoms with Gasteiger partial charge in [-0.3, -0.25) is 4.79 Å². The van der Waals surface area contributed by atoms with Crippen molar-refractivity contribution in [3.8, 4) is 0 Å². The van der Waals surface area contributed by atoms with Gasteiger partial charge in [-0.15, -0.1) is 0 Å². The van der Waals surface area contributed by atoms with Gasteiger partial charge in [0.05, 0.1) is 12.1 Å². The van der Waals surface area contributed by atoms with Gasteiger partial charge in [-0.25, -0.2) is 0 Å². The van der Waals surface area contributed by atoms with Crippen molar-refractivity contribution in [1.29, 1.82) is 0 Å².